The van der Waals surface area contributed by atoms with Gasteiger partial charge < -0.3 is 19.1 Å². The minimum absolute atomic E-state index is 0.202. The van der Waals surface area contributed by atoms with Gasteiger partial charge in [0.1, 0.15) is 0 Å². The topological polar surface area (TPSA) is 48.0 Å². The number of nitrogens with zero attached hydrogens (tertiary/aromatic N) is 1. The number of carbonyl (C=O) groups is 1. The molecule has 32 heavy (non-hydrogen) atoms. The Morgan fingerprint density at radius 2 is 1.75 bits per heavy atom. The molecule has 0 atom stereocenters. The predicted molar refractivity (Wildman–Crippen MR) is 115 cm³/mol. The minimum Gasteiger partial charge on any atom is -0.493 e. The van der Waals surface area contributed by atoms with E-state index < -0.39 is 11.7 Å². The van der Waals surface area contributed by atoms with Gasteiger partial charge in [0.2, 0.25) is 5.91 Å². The first kappa shape index (κ1) is 23.4. The highest BCUT2D eigenvalue weighted by Gasteiger charge is 2.30. The van der Waals surface area contributed by atoms with Gasteiger partial charge in [0.05, 0.1) is 33.0 Å². The number of hydrogen-bond acceptors (Lipinski definition) is 4. The van der Waals surface area contributed by atoms with Crippen molar-refractivity contribution in [3.8, 4) is 11.5 Å². The number of carbonyl (C=O) groups excluding carboxylic acids is 1. The van der Waals surface area contributed by atoms with Crippen molar-refractivity contribution in [2.24, 2.45) is 0 Å². The monoisotopic (exact) mass is 447 g/mol. The van der Waals surface area contributed by atoms with Crippen LogP contribution in [0.15, 0.2) is 54.6 Å². The number of methoxy groups -OCH3 is 2. The van der Waals surface area contributed by atoms with Crippen LogP contribution in [0.5, 0.6) is 11.5 Å². The Labute approximate surface area is 184 Å². The molecule has 0 spiro atoms. The van der Waals surface area contributed by atoms with E-state index in [-0.39, 0.29) is 5.91 Å². The van der Waals surface area contributed by atoms with Crippen molar-refractivity contribution in [1.29, 1.82) is 0 Å². The van der Waals surface area contributed by atoms with Crippen LogP contribution in [0, 0.1) is 0 Å². The normalized spacial score (nSPS) is 15.2. The van der Waals surface area contributed by atoms with Crippen LogP contribution in [0.2, 0.25) is 0 Å². The van der Waals surface area contributed by atoms with Crippen molar-refractivity contribution in [2.75, 3.05) is 40.5 Å². The number of allylic oxidation sites excluding steroid dienone is 2. The summed E-state index contributed by atoms with van der Waals surface area (Å²) >= 11 is 0. The first-order valence-corrected chi connectivity index (χ1v) is 9.98. The van der Waals surface area contributed by atoms with Gasteiger partial charge in [-0.05, 0) is 41.0 Å². The number of hydrogen-bond donors (Lipinski definition) is 0. The maximum Gasteiger partial charge on any atom is 0.416 e. The zero-order valence-electron chi connectivity index (χ0n) is 17.8. The first-order valence-electron chi connectivity index (χ1n) is 9.98. The van der Waals surface area contributed by atoms with E-state index in [1.165, 1.54) is 26.4 Å². The fourth-order valence-corrected chi connectivity index (χ4v) is 3.26. The summed E-state index contributed by atoms with van der Waals surface area (Å²) in [7, 11) is 3.02. The van der Waals surface area contributed by atoms with Gasteiger partial charge in [0.25, 0.3) is 0 Å². The Hall–Kier alpha value is -3.26. The number of rotatable bonds is 6. The van der Waals surface area contributed by atoms with Gasteiger partial charge in [-0.25, -0.2) is 0 Å². The molecule has 2 aromatic rings. The SMILES string of the molecule is COc1ccc(C(=C\C(=O)N2CCOCC2)/C=C/c2cccc(C(F)(F)F)c2)cc1OC. The number of halogens is 3. The molecule has 1 amide bonds. The highest BCUT2D eigenvalue weighted by Crippen LogP contribution is 2.32. The summed E-state index contributed by atoms with van der Waals surface area (Å²) < 4.78 is 55.0. The Kier molecular flexibility index (Phi) is 7.58. The van der Waals surface area contributed by atoms with Crippen LogP contribution in [0.4, 0.5) is 13.2 Å². The van der Waals surface area contributed by atoms with Gasteiger partial charge in [0.15, 0.2) is 11.5 Å². The van der Waals surface area contributed by atoms with Crippen molar-refractivity contribution >= 4 is 17.6 Å². The third kappa shape index (κ3) is 5.91. The maximum absolute atomic E-state index is 13.0. The number of morpholine rings is 1. The third-order valence-electron chi connectivity index (χ3n) is 4.99. The molecule has 5 nitrogen and oxygen atoms in total. The highest BCUT2D eigenvalue weighted by atomic mass is 19.4. The van der Waals surface area contributed by atoms with Crippen molar-refractivity contribution in [2.45, 2.75) is 6.18 Å². The van der Waals surface area contributed by atoms with E-state index >= 15 is 0 Å². The molecule has 0 bridgehead atoms. The van der Waals surface area contributed by atoms with Gasteiger partial charge in [-0.15, -0.1) is 0 Å². The lowest BCUT2D eigenvalue weighted by Gasteiger charge is -2.26. The second kappa shape index (κ2) is 10.4. The average molecular weight is 447 g/mol. The van der Waals surface area contributed by atoms with Crippen LogP contribution in [0.3, 0.4) is 0 Å². The molecule has 3 rings (SSSR count). The molecule has 0 saturated carbocycles. The average Bonchev–Trinajstić information content (AvgIpc) is 2.81. The summed E-state index contributed by atoms with van der Waals surface area (Å²) in [5, 5.41) is 0. The molecule has 1 heterocycles. The molecule has 0 unspecified atom stereocenters. The van der Waals surface area contributed by atoms with Gasteiger partial charge in [-0.3, -0.25) is 4.79 Å². The molecule has 0 aromatic heterocycles. The summed E-state index contributed by atoms with van der Waals surface area (Å²) in [4.78, 5) is 14.5. The van der Waals surface area contributed by atoms with Crippen LogP contribution in [-0.4, -0.2) is 51.3 Å². The maximum atomic E-state index is 13.0. The van der Waals surface area contributed by atoms with E-state index in [0.29, 0.717) is 54.5 Å². The Morgan fingerprint density at radius 1 is 1.03 bits per heavy atom. The van der Waals surface area contributed by atoms with E-state index in [1.54, 1.807) is 41.3 Å². The van der Waals surface area contributed by atoms with Crippen LogP contribution in [0.25, 0.3) is 11.6 Å². The summed E-state index contributed by atoms with van der Waals surface area (Å²) in [6, 6.07) is 10.2. The van der Waals surface area contributed by atoms with Crippen LogP contribution >= 0.6 is 0 Å². The third-order valence-corrected chi connectivity index (χ3v) is 4.99. The number of alkyl halides is 3. The molecule has 1 aliphatic rings. The Balaban J connectivity index is 1.98. The van der Waals surface area contributed by atoms with Gasteiger partial charge >= 0.3 is 6.18 Å². The molecule has 0 aliphatic carbocycles. The molecule has 0 radical (unpaired) electrons. The van der Waals surface area contributed by atoms with E-state index in [0.717, 1.165) is 12.1 Å². The van der Waals surface area contributed by atoms with Crippen LogP contribution < -0.4 is 9.47 Å². The number of amides is 1. The predicted octanol–water partition coefficient (Wildman–Crippen LogP) is 4.68. The molecule has 170 valence electrons. The lowest BCUT2D eigenvalue weighted by Crippen LogP contribution is -2.39. The lowest BCUT2D eigenvalue weighted by molar-refractivity contribution is -0.137. The van der Waals surface area contributed by atoms with Crippen molar-refractivity contribution in [3.63, 3.8) is 0 Å². The fourth-order valence-electron chi connectivity index (χ4n) is 3.26. The van der Waals surface area contributed by atoms with E-state index in [1.807, 2.05) is 0 Å². The molecule has 1 aliphatic heterocycles. The van der Waals surface area contributed by atoms with E-state index in [9.17, 15) is 18.0 Å². The summed E-state index contributed by atoms with van der Waals surface area (Å²) in [6.07, 6.45) is 0.203. The van der Waals surface area contributed by atoms with Crippen molar-refractivity contribution in [3.05, 3.63) is 71.3 Å². The van der Waals surface area contributed by atoms with Crippen molar-refractivity contribution < 1.29 is 32.2 Å². The second-order valence-corrected chi connectivity index (χ2v) is 7.06. The summed E-state index contributed by atoms with van der Waals surface area (Å²) in [5.41, 5.74) is 0.818. The molecule has 8 heteroatoms. The van der Waals surface area contributed by atoms with Crippen LogP contribution in [0.1, 0.15) is 16.7 Å². The number of ether oxygens (including phenoxy) is 3. The minimum atomic E-state index is -4.43. The lowest BCUT2D eigenvalue weighted by atomic mass is 10.0. The van der Waals surface area contributed by atoms with Crippen LogP contribution in [-0.2, 0) is 15.7 Å². The molecular weight excluding hydrogens is 423 g/mol. The van der Waals surface area contributed by atoms with Gasteiger partial charge in [-0.2, -0.15) is 13.2 Å². The zero-order valence-corrected chi connectivity index (χ0v) is 17.8. The Morgan fingerprint density at radius 3 is 2.41 bits per heavy atom. The zero-order chi connectivity index (χ0) is 23.1. The smallest absolute Gasteiger partial charge is 0.416 e. The molecule has 2 aromatic carbocycles. The van der Waals surface area contributed by atoms with Gasteiger partial charge in [0, 0.05) is 19.2 Å². The molecule has 0 N–H and O–H groups in total. The largest absolute Gasteiger partial charge is 0.493 e. The summed E-state index contributed by atoms with van der Waals surface area (Å²) in [5.74, 6) is 0.797. The Bertz CT molecular complexity index is 1010. The van der Waals surface area contributed by atoms with Gasteiger partial charge in [-0.1, -0.05) is 30.4 Å². The van der Waals surface area contributed by atoms with E-state index in [4.69, 9.17) is 14.2 Å². The number of benzene rings is 2. The highest BCUT2D eigenvalue weighted by molar-refractivity contribution is 5.98. The molecular formula is C24H24F3NO4. The fraction of sp³-hybridized carbons (Fsp3) is 0.292. The first-order chi connectivity index (χ1) is 15.3. The molecule has 1 saturated heterocycles. The second-order valence-electron chi connectivity index (χ2n) is 7.06. The van der Waals surface area contributed by atoms with Crippen molar-refractivity contribution in [1.82, 2.24) is 4.90 Å². The standard InChI is InChI=1S/C24H24F3NO4/c1-30-21-9-8-18(15-22(21)31-2)19(16-23(29)28-10-12-32-13-11-28)7-6-17-4-3-5-20(14-17)24(25,26)27/h3-9,14-16H,10-13H2,1-2H3/b7-6+,19-16-. The molecule has 1 fully saturated rings. The summed E-state index contributed by atoms with van der Waals surface area (Å²) in [6.45, 7) is 1.88. The quantitative estimate of drug-likeness (QED) is 0.477. The van der Waals surface area contributed by atoms with E-state index in [2.05, 4.69) is 0 Å².